The number of carbonyl (C=O) groups is 2. The number of piperidine rings is 1. The van der Waals surface area contributed by atoms with Crippen LogP contribution in [0.4, 0.5) is 0 Å². The van der Waals surface area contributed by atoms with Crippen molar-refractivity contribution in [1.29, 1.82) is 0 Å². The topological polar surface area (TPSA) is 98.8 Å². The molecule has 8 nitrogen and oxygen atoms in total. The average molecular weight is 360 g/mol. The highest BCUT2D eigenvalue weighted by Gasteiger charge is 2.32. The van der Waals surface area contributed by atoms with Gasteiger partial charge in [-0.2, -0.15) is 5.10 Å². The summed E-state index contributed by atoms with van der Waals surface area (Å²) in [6, 6.07) is 6.17. The number of hydrogen-bond donors (Lipinski definition) is 2. The molecule has 0 saturated carbocycles. The molecule has 2 aliphatic heterocycles. The number of aromatic amines is 1. The molecule has 2 N–H and O–H groups in total. The third-order valence-electron chi connectivity index (χ3n) is 5.10. The number of nitrogens with zero attached hydrogens (tertiary/aromatic N) is 3. The summed E-state index contributed by atoms with van der Waals surface area (Å²) < 4.78 is 5.22. The van der Waals surface area contributed by atoms with Crippen molar-refractivity contribution in [3.63, 3.8) is 0 Å². The summed E-state index contributed by atoms with van der Waals surface area (Å²) in [5, 5.41) is 15.0. The molecule has 2 fully saturated rings. The summed E-state index contributed by atoms with van der Waals surface area (Å²) in [6.07, 6.45) is 3.76. The maximum absolute atomic E-state index is 12.9. The van der Waals surface area contributed by atoms with Crippen LogP contribution < -0.4 is 4.74 Å². The number of rotatable bonds is 2. The lowest BCUT2D eigenvalue weighted by Gasteiger charge is -2.43. The van der Waals surface area contributed by atoms with Gasteiger partial charge in [-0.05, 0) is 31.5 Å². The van der Waals surface area contributed by atoms with Crippen molar-refractivity contribution in [2.45, 2.75) is 25.3 Å². The third kappa shape index (κ3) is 3.65. The van der Waals surface area contributed by atoms with E-state index in [1.54, 1.807) is 7.11 Å². The van der Waals surface area contributed by atoms with Crippen molar-refractivity contribution in [2.75, 3.05) is 33.3 Å². The number of methoxy groups -OCH3 is 1. The van der Waals surface area contributed by atoms with Crippen molar-refractivity contribution in [3.05, 3.63) is 23.9 Å². The molecular formula is C18H24N4O4. The van der Waals surface area contributed by atoms with Gasteiger partial charge >= 0.3 is 0 Å². The largest absolute Gasteiger partial charge is 0.497 e. The lowest BCUT2D eigenvalue weighted by atomic mass is 9.99. The summed E-state index contributed by atoms with van der Waals surface area (Å²) >= 11 is 0. The molecule has 2 saturated heterocycles. The number of nitrogens with one attached hydrogen (secondary N) is 1. The minimum atomic E-state index is -0.250. The molecule has 3 heterocycles. The van der Waals surface area contributed by atoms with E-state index in [0.717, 1.165) is 36.3 Å². The number of carbonyl (C=O) groups excluding carboxylic acids is 1. The molecule has 140 valence electrons. The molecule has 1 amide bonds. The first-order chi connectivity index (χ1) is 12.7. The molecule has 1 aromatic carbocycles. The third-order valence-corrected chi connectivity index (χ3v) is 5.10. The molecule has 1 unspecified atom stereocenters. The van der Waals surface area contributed by atoms with E-state index >= 15 is 0 Å². The molecule has 2 aromatic rings. The van der Waals surface area contributed by atoms with Gasteiger partial charge in [0.05, 0.1) is 12.6 Å². The van der Waals surface area contributed by atoms with E-state index in [1.165, 1.54) is 25.8 Å². The minimum Gasteiger partial charge on any atom is -0.497 e. The molecule has 4 rings (SSSR count). The zero-order chi connectivity index (χ0) is 18.5. The first kappa shape index (κ1) is 18.2. The highest BCUT2D eigenvalue weighted by molar-refractivity contribution is 6.04. The van der Waals surface area contributed by atoms with E-state index in [1.807, 2.05) is 23.1 Å². The van der Waals surface area contributed by atoms with E-state index in [-0.39, 0.29) is 12.4 Å². The molecule has 0 spiro atoms. The van der Waals surface area contributed by atoms with E-state index in [0.29, 0.717) is 11.7 Å². The van der Waals surface area contributed by atoms with Crippen LogP contribution in [0.2, 0.25) is 0 Å². The Morgan fingerprint density at radius 1 is 1.35 bits per heavy atom. The smallest absolute Gasteiger partial charge is 0.290 e. The van der Waals surface area contributed by atoms with Crippen LogP contribution in [0, 0.1) is 0 Å². The quantitative estimate of drug-likeness (QED) is 0.789. The van der Waals surface area contributed by atoms with Crippen LogP contribution in [0.25, 0.3) is 10.9 Å². The number of carboxylic acid groups (broad SMARTS) is 1. The second-order valence-corrected chi connectivity index (χ2v) is 6.53. The van der Waals surface area contributed by atoms with E-state index < -0.39 is 0 Å². The van der Waals surface area contributed by atoms with Crippen molar-refractivity contribution in [3.8, 4) is 5.75 Å². The molecular weight excluding hydrogens is 336 g/mol. The van der Waals surface area contributed by atoms with Crippen molar-refractivity contribution >= 4 is 23.3 Å². The molecule has 8 heteroatoms. The van der Waals surface area contributed by atoms with Crippen LogP contribution in [-0.2, 0) is 4.79 Å². The summed E-state index contributed by atoms with van der Waals surface area (Å²) in [5.41, 5.74) is 1.36. The van der Waals surface area contributed by atoms with Crippen LogP contribution in [-0.4, -0.2) is 76.8 Å². The number of benzene rings is 1. The number of piperazine rings is 1. The van der Waals surface area contributed by atoms with Crippen LogP contribution in [0.5, 0.6) is 5.75 Å². The number of fused-ring (bicyclic) bond motifs is 2. The standard InChI is InChI=1S/C17H22N4O2.CH2O2/c1-23-13-5-6-14-15(10-13)18-19-16(14)17(22)21-9-8-20-7-3-2-4-12(20)11-21;2-1-3/h5-6,10,12H,2-4,7-9,11H2,1H3,(H,18,19);1H,(H,2,3). The molecule has 0 radical (unpaired) electrons. The van der Waals surface area contributed by atoms with Gasteiger partial charge in [0.1, 0.15) is 5.75 Å². The second-order valence-electron chi connectivity index (χ2n) is 6.53. The van der Waals surface area contributed by atoms with Crippen LogP contribution in [0.1, 0.15) is 29.8 Å². The molecule has 26 heavy (non-hydrogen) atoms. The van der Waals surface area contributed by atoms with Gasteiger partial charge in [-0.1, -0.05) is 6.42 Å². The normalized spacial score (nSPS) is 20.0. The van der Waals surface area contributed by atoms with Gasteiger partial charge in [0.2, 0.25) is 0 Å². The Kier molecular flexibility index (Phi) is 5.72. The zero-order valence-corrected chi connectivity index (χ0v) is 14.9. The van der Waals surface area contributed by atoms with Gasteiger partial charge in [0.15, 0.2) is 5.69 Å². The van der Waals surface area contributed by atoms with Crippen molar-refractivity contribution in [2.24, 2.45) is 0 Å². The molecule has 0 bridgehead atoms. The molecule has 0 aliphatic carbocycles. The van der Waals surface area contributed by atoms with Crippen LogP contribution in [0.3, 0.4) is 0 Å². The maximum Gasteiger partial charge on any atom is 0.290 e. The minimum absolute atomic E-state index is 0.0339. The van der Waals surface area contributed by atoms with E-state index in [2.05, 4.69) is 15.1 Å². The number of aromatic nitrogens is 2. The fourth-order valence-corrected chi connectivity index (χ4v) is 3.78. The molecule has 2 aliphatic rings. The monoisotopic (exact) mass is 360 g/mol. The van der Waals surface area contributed by atoms with Gasteiger partial charge < -0.3 is 14.7 Å². The first-order valence-electron chi connectivity index (χ1n) is 8.81. The zero-order valence-electron chi connectivity index (χ0n) is 14.9. The summed E-state index contributed by atoms with van der Waals surface area (Å²) in [4.78, 5) is 25.8. The fourth-order valence-electron chi connectivity index (χ4n) is 3.78. The Morgan fingerprint density at radius 3 is 2.92 bits per heavy atom. The highest BCUT2D eigenvalue weighted by atomic mass is 16.5. The van der Waals surface area contributed by atoms with Gasteiger partial charge in [0.25, 0.3) is 12.4 Å². The molecule has 1 aromatic heterocycles. The number of ether oxygens (including phenoxy) is 1. The highest BCUT2D eigenvalue weighted by Crippen LogP contribution is 2.25. The Morgan fingerprint density at radius 2 is 2.15 bits per heavy atom. The predicted octanol–water partition coefficient (Wildman–Crippen LogP) is 1.58. The Balaban J connectivity index is 0.000000613. The van der Waals surface area contributed by atoms with Crippen LogP contribution in [0.15, 0.2) is 18.2 Å². The lowest BCUT2D eigenvalue weighted by Crippen LogP contribution is -2.56. The second kappa shape index (κ2) is 8.18. The Hall–Kier alpha value is -2.61. The fraction of sp³-hybridized carbons (Fsp3) is 0.500. The molecule has 1 atom stereocenters. The van der Waals surface area contributed by atoms with Gasteiger partial charge in [-0.15, -0.1) is 0 Å². The average Bonchev–Trinajstić information content (AvgIpc) is 3.10. The number of H-pyrrole nitrogens is 1. The predicted molar refractivity (Wildman–Crippen MR) is 96.5 cm³/mol. The Labute approximate surface area is 151 Å². The van der Waals surface area contributed by atoms with E-state index in [9.17, 15) is 4.79 Å². The van der Waals surface area contributed by atoms with E-state index in [4.69, 9.17) is 14.6 Å². The number of hydrogen-bond acceptors (Lipinski definition) is 5. The van der Waals surface area contributed by atoms with Crippen molar-refractivity contribution < 1.29 is 19.4 Å². The van der Waals surface area contributed by atoms with Gasteiger partial charge in [-0.25, -0.2) is 0 Å². The first-order valence-corrected chi connectivity index (χ1v) is 8.81. The maximum atomic E-state index is 12.9. The van der Waals surface area contributed by atoms with Crippen molar-refractivity contribution in [1.82, 2.24) is 20.0 Å². The van der Waals surface area contributed by atoms with Gasteiger partial charge in [-0.3, -0.25) is 19.6 Å². The Bertz CT molecular complexity index is 776. The lowest BCUT2D eigenvalue weighted by molar-refractivity contribution is -0.122. The summed E-state index contributed by atoms with van der Waals surface area (Å²) in [5.74, 6) is 0.794. The summed E-state index contributed by atoms with van der Waals surface area (Å²) in [7, 11) is 1.63. The SMILES string of the molecule is COc1ccc2c(C(=O)N3CCN4CCCCC4C3)n[nH]c2c1.O=CO. The summed E-state index contributed by atoms with van der Waals surface area (Å²) in [6.45, 7) is 3.52. The van der Waals surface area contributed by atoms with Crippen LogP contribution >= 0.6 is 0 Å². The number of amides is 1. The van der Waals surface area contributed by atoms with Gasteiger partial charge in [0, 0.05) is 37.1 Å².